The van der Waals surface area contributed by atoms with Crippen LogP contribution in [-0.4, -0.2) is 15.0 Å². The molecular weight excluding hydrogens is 425 g/mol. The van der Waals surface area contributed by atoms with Gasteiger partial charge in [0.05, 0.1) is 19.4 Å². The Hall–Kier alpha value is -3.45. The van der Waals surface area contributed by atoms with Gasteiger partial charge >= 0.3 is 0 Å². The molecule has 2 aromatic heterocycles. The normalized spacial score (nSPS) is 10.9. The minimum atomic E-state index is -0.295. The van der Waals surface area contributed by atoms with Gasteiger partial charge in [-0.05, 0) is 77.6 Å². The molecule has 0 saturated heterocycles. The molecule has 164 valence electrons. The summed E-state index contributed by atoms with van der Waals surface area (Å²) in [5, 5.41) is 4.65. The van der Waals surface area contributed by atoms with Gasteiger partial charge < -0.3 is 19.6 Å². The van der Waals surface area contributed by atoms with Gasteiger partial charge in [-0.3, -0.25) is 4.79 Å². The van der Waals surface area contributed by atoms with Gasteiger partial charge in [0.25, 0.3) is 5.56 Å². The van der Waals surface area contributed by atoms with Gasteiger partial charge in [-0.2, -0.15) is 0 Å². The number of nitrogens with zero attached hydrogens (tertiary/aromatic N) is 1. The Labute approximate surface area is 190 Å². The van der Waals surface area contributed by atoms with Crippen LogP contribution in [0.25, 0.3) is 10.9 Å². The summed E-state index contributed by atoms with van der Waals surface area (Å²) in [5.74, 6) is 0.459. The lowest BCUT2D eigenvalue weighted by Crippen LogP contribution is -2.39. The summed E-state index contributed by atoms with van der Waals surface area (Å²) < 4.78 is 18.7. The molecule has 7 heteroatoms. The number of halogens is 1. The van der Waals surface area contributed by atoms with E-state index in [9.17, 15) is 9.18 Å². The van der Waals surface area contributed by atoms with Gasteiger partial charge in [-0.1, -0.05) is 25.1 Å². The van der Waals surface area contributed by atoms with E-state index in [4.69, 9.17) is 16.6 Å². The molecule has 0 bridgehead atoms. The quantitative estimate of drug-likeness (QED) is 0.393. The molecule has 0 radical (unpaired) electrons. The number of hydrogen-bond donors (Lipinski definition) is 2. The van der Waals surface area contributed by atoms with Crippen molar-refractivity contribution in [3.05, 3.63) is 106 Å². The number of aromatic amines is 1. The highest BCUT2D eigenvalue weighted by molar-refractivity contribution is 7.80. The summed E-state index contributed by atoms with van der Waals surface area (Å²) in [5.41, 5.74) is 3.35. The molecule has 0 aliphatic rings. The van der Waals surface area contributed by atoms with Gasteiger partial charge in [0, 0.05) is 17.6 Å². The molecule has 0 atom stereocenters. The van der Waals surface area contributed by atoms with Crippen molar-refractivity contribution in [2.45, 2.75) is 33.0 Å². The first-order chi connectivity index (χ1) is 15.5. The van der Waals surface area contributed by atoms with Gasteiger partial charge in [0.1, 0.15) is 11.6 Å². The zero-order valence-corrected chi connectivity index (χ0v) is 18.5. The fourth-order valence-electron chi connectivity index (χ4n) is 3.54. The molecule has 4 rings (SSSR count). The van der Waals surface area contributed by atoms with E-state index in [1.165, 1.54) is 17.7 Å². The van der Waals surface area contributed by atoms with E-state index in [1.807, 2.05) is 35.2 Å². The number of hydrogen-bond acceptors (Lipinski definition) is 3. The lowest BCUT2D eigenvalue weighted by molar-refractivity contribution is 0.393. The molecule has 0 saturated carbocycles. The Morgan fingerprint density at radius 3 is 2.59 bits per heavy atom. The van der Waals surface area contributed by atoms with E-state index in [-0.39, 0.29) is 11.4 Å². The average Bonchev–Trinajstić information content (AvgIpc) is 3.32. The van der Waals surface area contributed by atoms with Crippen molar-refractivity contribution in [2.24, 2.45) is 0 Å². The summed E-state index contributed by atoms with van der Waals surface area (Å²) in [7, 11) is 0. The van der Waals surface area contributed by atoms with Crippen LogP contribution in [0.15, 0.2) is 76.1 Å². The highest BCUT2D eigenvalue weighted by Crippen LogP contribution is 2.16. The van der Waals surface area contributed by atoms with E-state index in [2.05, 4.69) is 23.3 Å². The zero-order valence-electron chi connectivity index (χ0n) is 17.7. The van der Waals surface area contributed by atoms with E-state index < -0.39 is 0 Å². The van der Waals surface area contributed by atoms with Crippen molar-refractivity contribution in [1.29, 1.82) is 0 Å². The second-order valence-electron chi connectivity index (χ2n) is 7.62. The summed E-state index contributed by atoms with van der Waals surface area (Å²) in [4.78, 5) is 17.6. The first-order valence-corrected chi connectivity index (χ1v) is 10.9. The third-order valence-electron chi connectivity index (χ3n) is 5.32. The van der Waals surface area contributed by atoms with Crippen LogP contribution in [0.4, 0.5) is 4.39 Å². The van der Waals surface area contributed by atoms with Crippen LogP contribution in [0.2, 0.25) is 0 Å². The van der Waals surface area contributed by atoms with Crippen LogP contribution in [0.3, 0.4) is 0 Å². The summed E-state index contributed by atoms with van der Waals surface area (Å²) in [6.07, 6.45) is 2.53. The number of pyridine rings is 1. The number of furan rings is 1. The second-order valence-corrected chi connectivity index (χ2v) is 8.01. The number of aryl methyl sites for hydroxylation is 1. The fourth-order valence-corrected chi connectivity index (χ4v) is 3.74. The van der Waals surface area contributed by atoms with Crippen molar-refractivity contribution in [2.75, 3.05) is 0 Å². The molecule has 2 N–H and O–H groups in total. The van der Waals surface area contributed by atoms with Crippen molar-refractivity contribution >= 4 is 28.2 Å². The predicted octanol–water partition coefficient (Wildman–Crippen LogP) is 4.90. The molecule has 0 aliphatic carbocycles. The molecule has 0 amide bonds. The van der Waals surface area contributed by atoms with Crippen molar-refractivity contribution in [1.82, 2.24) is 15.2 Å². The van der Waals surface area contributed by atoms with Crippen molar-refractivity contribution in [3.8, 4) is 0 Å². The predicted molar refractivity (Wildman–Crippen MR) is 128 cm³/mol. The third-order valence-corrected chi connectivity index (χ3v) is 5.73. The number of benzene rings is 2. The smallest absolute Gasteiger partial charge is 0.253 e. The lowest BCUT2D eigenvalue weighted by atomic mass is 10.1. The summed E-state index contributed by atoms with van der Waals surface area (Å²) >= 11 is 5.64. The van der Waals surface area contributed by atoms with Gasteiger partial charge in [0.15, 0.2) is 5.11 Å². The average molecular weight is 450 g/mol. The molecule has 0 unspecified atom stereocenters. The first-order valence-electron chi connectivity index (χ1n) is 10.5. The van der Waals surface area contributed by atoms with E-state index in [0.29, 0.717) is 30.3 Å². The van der Waals surface area contributed by atoms with Crippen molar-refractivity contribution in [3.63, 3.8) is 0 Å². The molecule has 0 spiro atoms. The topological polar surface area (TPSA) is 61.3 Å². The minimum Gasteiger partial charge on any atom is -0.467 e. The molecule has 0 fully saturated rings. The van der Waals surface area contributed by atoms with Crippen LogP contribution in [0, 0.1) is 5.82 Å². The van der Waals surface area contributed by atoms with Crippen LogP contribution in [0.1, 0.15) is 29.4 Å². The van der Waals surface area contributed by atoms with Crippen molar-refractivity contribution < 1.29 is 8.81 Å². The van der Waals surface area contributed by atoms with E-state index >= 15 is 0 Å². The Morgan fingerprint density at radius 2 is 1.88 bits per heavy atom. The monoisotopic (exact) mass is 449 g/mol. The maximum Gasteiger partial charge on any atom is 0.253 e. The van der Waals surface area contributed by atoms with Crippen LogP contribution in [-0.2, 0) is 26.1 Å². The Morgan fingerprint density at radius 1 is 1.09 bits per heavy atom. The number of thiocarbonyl (C=S) groups is 1. The zero-order chi connectivity index (χ0) is 22.5. The van der Waals surface area contributed by atoms with Gasteiger partial charge in [-0.25, -0.2) is 4.39 Å². The Balaban J connectivity index is 1.61. The van der Waals surface area contributed by atoms with E-state index in [0.717, 1.165) is 28.6 Å². The number of aromatic nitrogens is 1. The maximum atomic E-state index is 13.4. The van der Waals surface area contributed by atoms with Crippen LogP contribution in [0.5, 0.6) is 0 Å². The standard InChI is InChI=1S/C25H24FN3O2S/c1-2-17-7-10-23-19(12-17)13-20(24(30)28-23)16-29(15-18-5-8-21(26)9-6-18)25(32)27-14-22-4-3-11-31-22/h3-13H,2,14-16H2,1H3,(H,27,32)(H,28,30). The molecule has 2 aromatic carbocycles. The number of H-pyrrole nitrogens is 1. The number of rotatable bonds is 7. The summed E-state index contributed by atoms with van der Waals surface area (Å²) in [6.45, 7) is 3.26. The van der Waals surface area contributed by atoms with Crippen LogP contribution < -0.4 is 10.9 Å². The minimum absolute atomic E-state index is 0.153. The molecule has 5 nitrogen and oxygen atoms in total. The summed E-state index contributed by atoms with van der Waals surface area (Å²) in [6, 6.07) is 17.9. The number of fused-ring (bicyclic) bond motifs is 1. The highest BCUT2D eigenvalue weighted by atomic mass is 32.1. The SMILES string of the molecule is CCc1ccc2[nH]c(=O)c(CN(Cc3ccc(F)cc3)C(=S)NCc3ccco3)cc2c1. The third kappa shape index (κ3) is 5.23. The lowest BCUT2D eigenvalue weighted by Gasteiger charge is -2.26. The van der Waals surface area contributed by atoms with Gasteiger partial charge in [-0.15, -0.1) is 0 Å². The molecule has 0 aliphatic heterocycles. The highest BCUT2D eigenvalue weighted by Gasteiger charge is 2.15. The van der Waals surface area contributed by atoms with Crippen LogP contribution >= 0.6 is 12.2 Å². The Bertz CT molecular complexity index is 1270. The fraction of sp³-hybridized carbons (Fsp3) is 0.200. The second kappa shape index (κ2) is 9.78. The Kier molecular flexibility index (Phi) is 6.66. The molecule has 2 heterocycles. The molecule has 32 heavy (non-hydrogen) atoms. The largest absolute Gasteiger partial charge is 0.467 e. The first kappa shape index (κ1) is 21.8. The maximum absolute atomic E-state index is 13.4. The molecule has 4 aromatic rings. The van der Waals surface area contributed by atoms with E-state index in [1.54, 1.807) is 18.4 Å². The molecular formula is C25H24FN3O2S. The van der Waals surface area contributed by atoms with Gasteiger partial charge in [0.2, 0.25) is 0 Å². The number of nitrogens with one attached hydrogen (secondary N) is 2.